The number of hydrogen-bond acceptors (Lipinski definition) is 5. The van der Waals surface area contributed by atoms with Gasteiger partial charge in [-0.15, -0.1) is 10.2 Å². The van der Waals surface area contributed by atoms with E-state index in [4.69, 9.17) is 10.2 Å². The van der Waals surface area contributed by atoms with Gasteiger partial charge in [0.15, 0.2) is 0 Å². The number of hydrogen-bond donors (Lipinski definition) is 2. The van der Waals surface area contributed by atoms with Crippen LogP contribution in [0.15, 0.2) is 47.1 Å². The summed E-state index contributed by atoms with van der Waals surface area (Å²) < 4.78 is 5.71. The molecule has 3 heterocycles. The van der Waals surface area contributed by atoms with Crippen LogP contribution >= 0.6 is 0 Å². The molecule has 0 fully saturated rings. The monoisotopic (exact) mass is 319 g/mol. The van der Waals surface area contributed by atoms with E-state index in [2.05, 4.69) is 26.2 Å². The van der Waals surface area contributed by atoms with Gasteiger partial charge in [0.1, 0.15) is 5.82 Å². The van der Waals surface area contributed by atoms with Crippen molar-refractivity contribution in [2.75, 3.05) is 5.73 Å². The minimum absolute atomic E-state index is 0.166. The van der Waals surface area contributed by atoms with Crippen LogP contribution in [0, 0.1) is 0 Å². The Kier molecular flexibility index (Phi) is 3.30. The Morgan fingerprint density at radius 3 is 2.75 bits per heavy atom. The molecule has 6 heteroatoms. The molecule has 0 aliphatic carbocycles. The molecule has 0 atom stereocenters. The van der Waals surface area contributed by atoms with E-state index >= 15 is 0 Å². The molecule has 120 valence electrons. The molecule has 0 radical (unpaired) electrons. The summed E-state index contributed by atoms with van der Waals surface area (Å²) in [7, 11) is 0. The third-order valence-corrected chi connectivity index (χ3v) is 3.97. The summed E-state index contributed by atoms with van der Waals surface area (Å²) >= 11 is 0. The highest BCUT2D eigenvalue weighted by molar-refractivity contribution is 5.86. The first-order valence-corrected chi connectivity index (χ1v) is 7.78. The second-order valence-electron chi connectivity index (χ2n) is 6.04. The van der Waals surface area contributed by atoms with Gasteiger partial charge in [-0.3, -0.25) is 0 Å². The number of nitrogens with zero attached hydrogens (tertiary/aromatic N) is 3. The highest BCUT2D eigenvalue weighted by atomic mass is 16.4. The van der Waals surface area contributed by atoms with Crippen molar-refractivity contribution in [2.45, 2.75) is 19.8 Å². The molecule has 0 bridgehead atoms. The van der Waals surface area contributed by atoms with Gasteiger partial charge in [0.25, 0.3) is 5.89 Å². The molecule has 6 nitrogen and oxygen atoms in total. The number of aromatic amines is 1. The van der Waals surface area contributed by atoms with Gasteiger partial charge in [-0.1, -0.05) is 19.9 Å². The van der Waals surface area contributed by atoms with Crippen LogP contribution in [-0.2, 0) is 0 Å². The van der Waals surface area contributed by atoms with Gasteiger partial charge in [-0.2, -0.15) is 0 Å². The van der Waals surface area contributed by atoms with E-state index in [1.54, 1.807) is 6.20 Å². The Morgan fingerprint density at radius 2 is 1.96 bits per heavy atom. The fraction of sp³-hybridized carbons (Fsp3) is 0.167. The lowest BCUT2D eigenvalue weighted by Crippen LogP contribution is -1.95. The van der Waals surface area contributed by atoms with Crippen LogP contribution in [0.4, 0.5) is 5.82 Å². The number of H-pyrrole nitrogens is 1. The summed E-state index contributed by atoms with van der Waals surface area (Å²) in [6.07, 6.45) is 3.68. The molecule has 0 saturated heterocycles. The molecule has 3 aromatic heterocycles. The standard InChI is InChI=1S/C18H17N5O/c1-10(2)17-22-23-18(24-17)14-8-13(9-21-16(14)19)11-3-4-15-12(7-11)5-6-20-15/h3-10,20H,1-2H3,(H2,19,21). The molecule has 0 unspecified atom stereocenters. The van der Waals surface area contributed by atoms with Crippen molar-refractivity contribution in [3.63, 3.8) is 0 Å². The Labute approximate surface area is 138 Å². The Bertz CT molecular complexity index is 1020. The second kappa shape index (κ2) is 5.49. The first kappa shape index (κ1) is 14.4. The lowest BCUT2D eigenvalue weighted by atomic mass is 10.0. The topological polar surface area (TPSA) is 93.6 Å². The number of nitrogens with two attached hydrogens (primary N) is 1. The fourth-order valence-electron chi connectivity index (χ4n) is 2.61. The predicted molar refractivity (Wildman–Crippen MR) is 93.3 cm³/mol. The maximum atomic E-state index is 6.02. The van der Waals surface area contributed by atoms with Crippen LogP contribution in [0.25, 0.3) is 33.5 Å². The smallest absolute Gasteiger partial charge is 0.251 e. The zero-order valence-electron chi connectivity index (χ0n) is 13.4. The highest BCUT2D eigenvalue weighted by Crippen LogP contribution is 2.31. The summed E-state index contributed by atoms with van der Waals surface area (Å²) in [5.41, 5.74) is 9.77. The van der Waals surface area contributed by atoms with Crippen LogP contribution in [0.1, 0.15) is 25.7 Å². The van der Waals surface area contributed by atoms with Crippen LogP contribution in [-0.4, -0.2) is 20.2 Å². The minimum atomic E-state index is 0.166. The van der Waals surface area contributed by atoms with E-state index in [0.29, 0.717) is 23.2 Å². The SMILES string of the molecule is CC(C)c1nnc(-c2cc(-c3ccc4[nH]ccc4c3)cnc2N)o1. The maximum absolute atomic E-state index is 6.02. The van der Waals surface area contributed by atoms with Gasteiger partial charge in [0, 0.05) is 29.4 Å². The first-order valence-electron chi connectivity index (χ1n) is 7.78. The predicted octanol–water partition coefficient (Wildman–Crippen LogP) is 3.99. The largest absolute Gasteiger partial charge is 0.420 e. The molecular formula is C18H17N5O. The molecule has 3 N–H and O–H groups in total. The van der Waals surface area contributed by atoms with E-state index in [-0.39, 0.29) is 5.92 Å². The summed E-state index contributed by atoms with van der Waals surface area (Å²) in [6.45, 7) is 4.00. The molecule has 4 rings (SSSR count). The molecule has 4 aromatic rings. The summed E-state index contributed by atoms with van der Waals surface area (Å²) in [6, 6.07) is 10.2. The van der Waals surface area contributed by atoms with Gasteiger partial charge in [-0.05, 0) is 35.2 Å². The lowest BCUT2D eigenvalue weighted by Gasteiger charge is -2.06. The third kappa shape index (κ3) is 2.42. The van der Waals surface area contributed by atoms with Crippen molar-refractivity contribution in [1.82, 2.24) is 20.2 Å². The lowest BCUT2D eigenvalue weighted by molar-refractivity contribution is 0.481. The van der Waals surface area contributed by atoms with Gasteiger partial charge < -0.3 is 15.1 Å². The molecule has 24 heavy (non-hydrogen) atoms. The number of fused-ring (bicyclic) bond motifs is 1. The quantitative estimate of drug-likeness (QED) is 0.595. The summed E-state index contributed by atoms with van der Waals surface area (Å²) in [4.78, 5) is 7.48. The van der Waals surface area contributed by atoms with Crippen molar-refractivity contribution in [1.29, 1.82) is 0 Å². The molecule has 0 aliphatic heterocycles. The van der Waals surface area contributed by atoms with Crippen LogP contribution in [0.2, 0.25) is 0 Å². The van der Waals surface area contributed by atoms with E-state index in [0.717, 1.165) is 22.0 Å². The number of nitrogen functional groups attached to an aromatic ring is 1. The fourth-order valence-corrected chi connectivity index (χ4v) is 2.61. The van der Waals surface area contributed by atoms with Crippen LogP contribution < -0.4 is 5.73 Å². The van der Waals surface area contributed by atoms with E-state index in [9.17, 15) is 0 Å². The maximum Gasteiger partial charge on any atom is 0.251 e. The zero-order chi connectivity index (χ0) is 16.7. The first-order chi connectivity index (χ1) is 11.6. The van der Waals surface area contributed by atoms with Crippen LogP contribution in [0.5, 0.6) is 0 Å². The molecule has 0 spiro atoms. The molecular weight excluding hydrogens is 302 g/mol. The van der Waals surface area contributed by atoms with Crippen molar-refractivity contribution >= 4 is 16.7 Å². The van der Waals surface area contributed by atoms with Gasteiger partial charge in [-0.25, -0.2) is 4.98 Å². The molecule has 0 saturated carbocycles. The van der Waals surface area contributed by atoms with Crippen LogP contribution in [0.3, 0.4) is 0 Å². The van der Waals surface area contributed by atoms with Gasteiger partial charge in [0.2, 0.25) is 5.89 Å². The molecule has 0 amide bonds. The Balaban J connectivity index is 1.80. The second-order valence-corrected chi connectivity index (χ2v) is 6.04. The normalized spacial score (nSPS) is 11.5. The van der Waals surface area contributed by atoms with Crippen molar-refractivity contribution < 1.29 is 4.42 Å². The van der Waals surface area contributed by atoms with E-state index in [1.807, 2.05) is 44.3 Å². The number of aromatic nitrogens is 4. The van der Waals surface area contributed by atoms with Crippen molar-refractivity contribution in [3.05, 3.63) is 48.6 Å². The highest BCUT2D eigenvalue weighted by Gasteiger charge is 2.15. The Hall–Kier alpha value is -3.15. The molecule has 0 aliphatic rings. The number of nitrogens with one attached hydrogen (secondary N) is 1. The average molecular weight is 319 g/mol. The zero-order valence-corrected chi connectivity index (χ0v) is 13.4. The van der Waals surface area contributed by atoms with Crippen molar-refractivity contribution in [2.24, 2.45) is 0 Å². The number of anilines is 1. The molecule has 1 aromatic carbocycles. The average Bonchev–Trinajstić information content (AvgIpc) is 3.24. The van der Waals surface area contributed by atoms with E-state index < -0.39 is 0 Å². The summed E-state index contributed by atoms with van der Waals surface area (Å²) in [5.74, 6) is 1.52. The summed E-state index contributed by atoms with van der Waals surface area (Å²) in [5, 5.41) is 9.31. The number of rotatable bonds is 3. The van der Waals surface area contributed by atoms with Crippen molar-refractivity contribution in [3.8, 4) is 22.6 Å². The van der Waals surface area contributed by atoms with Gasteiger partial charge in [0.05, 0.1) is 5.56 Å². The third-order valence-electron chi connectivity index (χ3n) is 3.97. The Morgan fingerprint density at radius 1 is 1.08 bits per heavy atom. The number of pyridine rings is 1. The van der Waals surface area contributed by atoms with E-state index in [1.165, 1.54) is 0 Å². The van der Waals surface area contributed by atoms with Gasteiger partial charge >= 0.3 is 0 Å². The number of benzene rings is 1. The minimum Gasteiger partial charge on any atom is -0.420 e.